The molecule has 0 aromatic heterocycles. The van der Waals surface area contributed by atoms with E-state index < -0.39 is 9.84 Å². The maximum absolute atomic E-state index is 12.6. The Morgan fingerprint density at radius 3 is 2.21 bits per heavy atom. The summed E-state index contributed by atoms with van der Waals surface area (Å²) >= 11 is 3.39. The fourth-order valence-corrected chi connectivity index (χ4v) is 3.90. The first-order valence-electron chi connectivity index (χ1n) is 8.38. The second kappa shape index (κ2) is 8.87. The molecule has 0 aliphatic heterocycles. The molecule has 28 heavy (non-hydrogen) atoms. The van der Waals surface area contributed by atoms with Gasteiger partial charge >= 0.3 is 0 Å². The van der Waals surface area contributed by atoms with Crippen LogP contribution in [0.4, 0.5) is 0 Å². The fourth-order valence-electron chi connectivity index (χ4n) is 2.46. The Morgan fingerprint density at radius 1 is 0.964 bits per heavy atom. The van der Waals surface area contributed by atoms with Gasteiger partial charge in [-0.25, -0.2) is 8.42 Å². The van der Waals surface area contributed by atoms with Crippen molar-refractivity contribution < 1.29 is 13.2 Å². The number of hydrogen-bond donors (Lipinski definition) is 0. The second-order valence-electron chi connectivity index (χ2n) is 5.92. The molecule has 0 atom stereocenters. The standard InChI is InChI=1S/C22H16BrNO3S/c23-19-10-6-18(7-11-19)16-27-20-12-8-17(9-13-20)14-22(15-24)28(25,26)21-4-2-1-3-5-21/h1-14H,16H2/b22-14-. The lowest BCUT2D eigenvalue weighted by Gasteiger charge is -2.07. The van der Waals surface area contributed by atoms with Gasteiger partial charge in [-0.3, -0.25) is 0 Å². The molecule has 3 aromatic carbocycles. The van der Waals surface area contributed by atoms with E-state index in [4.69, 9.17) is 4.74 Å². The summed E-state index contributed by atoms with van der Waals surface area (Å²) in [6.45, 7) is 0.425. The van der Waals surface area contributed by atoms with Gasteiger partial charge in [0, 0.05) is 4.47 Å². The average Bonchev–Trinajstić information content (AvgIpc) is 2.73. The third-order valence-corrected chi connectivity index (χ3v) is 6.16. The quantitative estimate of drug-likeness (QED) is 0.470. The highest BCUT2D eigenvalue weighted by Crippen LogP contribution is 2.22. The number of hydrogen-bond acceptors (Lipinski definition) is 4. The van der Waals surface area contributed by atoms with Crippen molar-refractivity contribution in [1.29, 1.82) is 5.26 Å². The molecule has 4 nitrogen and oxygen atoms in total. The number of ether oxygens (including phenoxy) is 1. The molecule has 0 aliphatic carbocycles. The van der Waals surface area contributed by atoms with E-state index in [0.717, 1.165) is 10.0 Å². The third-order valence-electron chi connectivity index (χ3n) is 3.95. The molecule has 6 heteroatoms. The predicted octanol–water partition coefficient (Wildman–Crippen LogP) is 5.37. The minimum Gasteiger partial charge on any atom is -0.489 e. The van der Waals surface area contributed by atoms with Crippen molar-refractivity contribution in [1.82, 2.24) is 0 Å². The summed E-state index contributed by atoms with van der Waals surface area (Å²) in [5.41, 5.74) is 1.64. The van der Waals surface area contributed by atoms with Gasteiger partial charge < -0.3 is 4.74 Å². The SMILES string of the molecule is N#C/C(=C/c1ccc(OCc2ccc(Br)cc2)cc1)S(=O)(=O)c1ccccc1. The zero-order chi connectivity index (χ0) is 20.0. The van der Waals surface area contributed by atoms with E-state index in [0.29, 0.717) is 17.9 Å². The van der Waals surface area contributed by atoms with Crippen molar-refractivity contribution in [3.8, 4) is 11.8 Å². The highest BCUT2D eigenvalue weighted by molar-refractivity contribution is 9.10. The summed E-state index contributed by atoms with van der Waals surface area (Å²) in [5, 5.41) is 9.34. The Morgan fingerprint density at radius 2 is 1.61 bits per heavy atom. The van der Waals surface area contributed by atoms with Gasteiger partial charge in [-0.1, -0.05) is 58.4 Å². The molecule has 0 saturated heterocycles. The normalized spacial score (nSPS) is 11.6. The summed E-state index contributed by atoms with van der Waals surface area (Å²) in [6.07, 6.45) is 1.36. The predicted molar refractivity (Wildman–Crippen MR) is 112 cm³/mol. The third kappa shape index (κ3) is 4.89. The fraction of sp³-hybridized carbons (Fsp3) is 0.0455. The van der Waals surface area contributed by atoms with Crippen LogP contribution in [0.5, 0.6) is 5.75 Å². The van der Waals surface area contributed by atoms with Crippen molar-refractivity contribution in [2.24, 2.45) is 0 Å². The van der Waals surface area contributed by atoms with Crippen LogP contribution >= 0.6 is 15.9 Å². The maximum Gasteiger partial charge on any atom is 0.216 e. The van der Waals surface area contributed by atoms with Crippen molar-refractivity contribution >= 4 is 31.8 Å². The number of sulfone groups is 1. The molecule has 0 aliphatic rings. The van der Waals surface area contributed by atoms with E-state index in [9.17, 15) is 13.7 Å². The van der Waals surface area contributed by atoms with Gasteiger partial charge in [0.15, 0.2) is 0 Å². The van der Waals surface area contributed by atoms with E-state index in [1.165, 1.54) is 18.2 Å². The molecule has 0 fully saturated rings. The minimum atomic E-state index is -3.84. The average molecular weight is 454 g/mol. The highest BCUT2D eigenvalue weighted by Gasteiger charge is 2.20. The summed E-state index contributed by atoms with van der Waals surface area (Å²) in [7, 11) is -3.84. The van der Waals surface area contributed by atoms with Gasteiger partial charge in [-0.15, -0.1) is 0 Å². The minimum absolute atomic E-state index is 0.0947. The van der Waals surface area contributed by atoms with Gasteiger partial charge in [0.05, 0.1) is 4.90 Å². The van der Waals surface area contributed by atoms with Crippen LogP contribution in [0.2, 0.25) is 0 Å². The van der Waals surface area contributed by atoms with Crippen LogP contribution in [0.25, 0.3) is 6.08 Å². The highest BCUT2D eigenvalue weighted by atomic mass is 79.9. The van der Waals surface area contributed by atoms with Crippen molar-refractivity contribution in [3.05, 3.63) is 99.4 Å². The number of allylic oxidation sites excluding steroid dienone is 1. The van der Waals surface area contributed by atoms with E-state index in [1.54, 1.807) is 48.5 Å². The van der Waals surface area contributed by atoms with Gasteiger partial charge in [-0.2, -0.15) is 5.26 Å². The summed E-state index contributed by atoms with van der Waals surface area (Å²) in [5.74, 6) is 0.657. The van der Waals surface area contributed by atoms with Gasteiger partial charge in [0.25, 0.3) is 0 Å². The summed E-state index contributed by atoms with van der Waals surface area (Å²) < 4.78 is 31.9. The number of halogens is 1. The van der Waals surface area contributed by atoms with Crippen LogP contribution in [0.15, 0.2) is 93.1 Å². The van der Waals surface area contributed by atoms with Gasteiger partial charge in [0.1, 0.15) is 23.3 Å². The largest absolute Gasteiger partial charge is 0.489 e. The Bertz CT molecular complexity index is 1120. The zero-order valence-electron chi connectivity index (χ0n) is 14.7. The van der Waals surface area contributed by atoms with E-state index in [1.807, 2.05) is 24.3 Å². The number of benzene rings is 3. The summed E-state index contributed by atoms with van der Waals surface area (Å²) in [4.78, 5) is -0.209. The Labute approximate surface area is 172 Å². The second-order valence-corrected chi connectivity index (χ2v) is 8.75. The first-order valence-corrected chi connectivity index (χ1v) is 10.7. The topological polar surface area (TPSA) is 67.2 Å². The molecule has 3 rings (SSSR count). The Hall–Kier alpha value is -2.88. The van der Waals surface area contributed by atoms with Crippen LogP contribution in [0, 0.1) is 11.3 Å². The van der Waals surface area contributed by atoms with Crippen LogP contribution in [-0.2, 0) is 16.4 Å². The molecule has 0 radical (unpaired) electrons. The van der Waals surface area contributed by atoms with Crippen molar-refractivity contribution in [3.63, 3.8) is 0 Å². The van der Waals surface area contributed by atoms with Gasteiger partial charge in [-0.05, 0) is 53.6 Å². The monoisotopic (exact) mass is 453 g/mol. The first-order chi connectivity index (χ1) is 13.5. The number of rotatable bonds is 6. The van der Waals surface area contributed by atoms with Crippen LogP contribution in [-0.4, -0.2) is 8.42 Å². The molecular formula is C22H16BrNO3S. The molecular weight excluding hydrogens is 438 g/mol. The molecule has 0 unspecified atom stereocenters. The Kier molecular flexibility index (Phi) is 6.30. The van der Waals surface area contributed by atoms with Crippen molar-refractivity contribution in [2.75, 3.05) is 0 Å². The molecule has 0 heterocycles. The maximum atomic E-state index is 12.6. The lowest BCUT2D eigenvalue weighted by atomic mass is 10.2. The summed E-state index contributed by atoms with van der Waals surface area (Å²) in [6, 6.07) is 24.5. The van der Waals surface area contributed by atoms with Crippen LogP contribution in [0.3, 0.4) is 0 Å². The molecule has 0 spiro atoms. The van der Waals surface area contributed by atoms with E-state index in [-0.39, 0.29) is 9.80 Å². The van der Waals surface area contributed by atoms with Crippen LogP contribution in [0.1, 0.15) is 11.1 Å². The lowest BCUT2D eigenvalue weighted by Crippen LogP contribution is -2.03. The lowest BCUT2D eigenvalue weighted by molar-refractivity contribution is 0.306. The zero-order valence-corrected chi connectivity index (χ0v) is 17.2. The number of nitriles is 1. The molecule has 0 N–H and O–H groups in total. The first kappa shape index (κ1) is 19.9. The molecule has 0 amide bonds. The van der Waals surface area contributed by atoms with E-state index in [2.05, 4.69) is 15.9 Å². The molecule has 140 valence electrons. The number of nitrogens with zero attached hydrogens (tertiary/aromatic N) is 1. The molecule has 3 aromatic rings. The molecule has 0 saturated carbocycles. The molecule has 0 bridgehead atoms. The van der Waals surface area contributed by atoms with Crippen molar-refractivity contribution in [2.45, 2.75) is 11.5 Å². The smallest absolute Gasteiger partial charge is 0.216 e. The van der Waals surface area contributed by atoms with Crippen LogP contribution < -0.4 is 4.74 Å². The van der Waals surface area contributed by atoms with E-state index >= 15 is 0 Å². The van der Waals surface area contributed by atoms with Gasteiger partial charge in [0.2, 0.25) is 9.84 Å². The Balaban J connectivity index is 1.75.